The van der Waals surface area contributed by atoms with Crippen LogP contribution in [0, 0.1) is 5.92 Å². The van der Waals surface area contributed by atoms with Gasteiger partial charge >= 0.3 is 5.97 Å². The van der Waals surface area contributed by atoms with Crippen molar-refractivity contribution in [1.29, 1.82) is 0 Å². The maximum atomic E-state index is 12.8. The third-order valence-corrected chi connectivity index (χ3v) is 5.22. The summed E-state index contributed by atoms with van der Waals surface area (Å²) in [7, 11) is 0. The van der Waals surface area contributed by atoms with E-state index in [-0.39, 0.29) is 18.3 Å². The summed E-state index contributed by atoms with van der Waals surface area (Å²) in [6.45, 7) is 7.57. The van der Waals surface area contributed by atoms with Gasteiger partial charge in [-0.1, -0.05) is 19.3 Å². The minimum absolute atomic E-state index is 0.199. The van der Waals surface area contributed by atoms with Crippen LogP contribution in [-0.4, -0.2) is 74.2 Å². The predicted molar refractivity (Wildman–Crippen MR) is 96.3 cm³/mol. The Balaban J connectivity index is 1.82. The molecule has 0 unspecified atom stereocenters. The normalized spacial score (nSPS) is 19.6. The molecule has 1 heterocycles. The van der Waals surface area contributed by atoms with Crippen LogP contribution < -0.4 is 0 Å². The lowest BCUT2D eigenvalue weighted by atomic mass is 9.86. The molecule has 0 N–H and O–H groups in total. The molecule has 144 valence electrons. The van der Waals surface area contributed by atoms with Crippen molar-refractivity contribution in [2.75, 3.05) is 52.5 Å². The van der Waals surface area contributed by atoms with E-state index in [9.17, 15) is 9.59 Å². The van der Waals surface area contributed by atoms with Crippen molar-refractivity contribution < 1.29 is 19.1 Å². The Morgan fingerprint density at radius 3 is 2.52 bits per heavy atom. The van der Waals surface area contributed by atoms with Crippen molar-refractivity contribution in [1.82, 2.24) is 9.80 Å². The molecule has 2 aliphatic rings. The minimum Gasteiger partial charge on any atom is -0.466 e. The monoisotopic (exact) mass is 354 g/mol. The fourth-order valence-corrected chi connectivity index (χ4v) is 3.67. The second-order valence-electron chi connectivity index (χ2n) is 7.10. The fourth-order valence-electron chi connectivity index (χ4n) is 3.67. The minimum atomic E-state index is -0.218. The van der Waals surface area contributed by atoms with Gasteiger partial charge in [-0.2, -0.15) is 0 Å². The number of carbonyl (C=O) groups is 2. The van der Waals surface area contributed by atoms with Crippen molar-refractivity contribution in [2.24, 2.45) is 5.92 Å². The van der Waals surface area contributed by atoms with Crippen molar-refractivity contribution in [3.8, 4) is 0 Å². The van der Waals surface area contributed by atoms with E-state index in [4.69, 9.17) is 9.47 Å². The van der Waals surface area contributed by atoms with Crippen LogP contribution in [-0.2, 0) is 19.1 Å². The molecule has 0 aromatic rings. The van der Waals surface area contributed by atoms with Crippen LogP contribution in [0.1, 0.15) is 51.9 Å². The highest BCUT2D eigenvalue weighted by Crippen LogP contribution is 2.26. The summed E-state index contributed by atoms with van der Waals surface area (Å²) in [5, 5.41) is 0. The standard InChI is InChI=1S/C19H34N2O4/c1-2-25-19(23)8-9-21(11-10-20-12-14-24-15-13-20)18(22)16-17-6-4-3-5-7-17/h17H,2-16H2,1H3. The van der Waals surface area contributed by atoms with E-state index in [1.54, 1.807) is 0 Å². The van der Waals surface area contributed by atoms with E-state index in [1.807, 2.05) is 11.8 Å². The largest absolute Gasteiger partial charge is 0.466 e. The van der Waals surface area contributed by atoms with E-state index in [2.05, 4.69) is 4.90 Å². The van der Waals surface area contributed by atoms with Gasteiger partial charge < -0.3 is 14.4 Å². The lowest BCUT2D eigenvalue weighted by Gasteiger charge is -2.31. The molecule has 2 fully saturated rings. The van der Waals surface area contributed by atoms with Crippen molar-refractivity contribution in [3.63, 3.8) is 0 Å². The first-order chi connectivity index (χ1) is 12.2. The molecule has 6 nitrogen and oxygen atoms in total. The molecule has 0 bridgehead atoms. The Morgan fingerprint density at radius 1 is 1.12 bits per heavy atom. The SMILES string of the molecule is CCOC(=O)CCN(CCN1CCOCC1)C(=O)CC1CCCCC1. The van der Waals surface area contributed by atoms with E-state index in [0.29, 0.717) is 32.0 Å². The Bertz CT molecular complexity index is 404. The van der Waals surface area contributed by atoms with Gasteiger partial charge in [0.1, 0.15) is 0 Å². The van der Waals surface area contributed by atoms with Gasteiger partial charge in [0.25, 0.3) is 0 Å². The number of morpholine rings is 1. The Labute approximate surface area is 151 Å². The van der Waals surface area contributed by atoms with Crippen LogP contribution in [0.4, 0.5) is 0 Å². The van der Waals surface area contributed by atoms with E-state index < -0.39 is 0 Å². The number of ether oxygens (including phenoxy) is 2. The molecule has 0 aromatic heterocycles. The number of esters is 1. The van der Waals surface area contributed by atoms with E-state index in [0.717, 1.165) is 32.8 Å². The molecule has 0 aromatic carbocycles. The summed E-state index contributed by atoms with van der Waals surface area (Å²) in [6.07, 6.45) is 7.04. The average Bonchev–Trinajstić information content (AvgIpc) is 2.63. The molecular weight excluding hydrogens is 320 g/mol. The zero-order valence-corrected chi connectivity index (χ0v) is 15.7. The first-order valence-corrected chi connectivity index (χ1v) is 9.92. The summed E-state index contributed by atoms with van der Waals surface area (Å²) in [5.74, 6) is 0.503. The lowest BCUT2D eigenvalue weighted by Crippen LogP contribution is -2.44. The second kappa shape index (κ2) is 11.5. The summed E-state index contributed by atoms with van der Waals surface area (Å²) < 4.78 is 10.4. The molecule has 1 aliphatic heterocycles. The van der Waals surface area contributed by atoms with E-state index in [1.165, 1.54) is 32.1 Å². The molecule has 2 rings (SSSR count). The fraction of sp³-hybridized carbons (Fsp3) is 0.895. The van der Waals surface area contributed by atoms with Crippen LogP contribution in [0.5, 0.6) is 0 Å². The molecule has 0 radical (unpaired) electrons. The smallest absolute Gasteiger partial charge is 0.307 e. The third kappa shape index (κ3) is 7.74. The Morgan fingerprint density at radius 2 is 1.84 bits per heavy atom. The summed E-state index contributed by atoms with van der Waals surface area (Å²) in [5.41, 5.74) is 0. The predicted octanol–water partition coefficient (Wildman–Crippen LogP) is 2.07. The zero-order valence-electron chi connectivity index (χ0n) is 15.7. The number of hydrogen-bond donors (Lipinski definition) is 0. The average molecular weight is 354 g/mol. The number of amides is 1. The van der Waals surface area contributed by atoms with Gasteiger partial charge in [0.05, 0.1) is 26.2 Å². The van der Waals surface area contributed by atoms with Crippen molar-refractivity contribution >= 4 is 11.9 Å². The molecule has 1 saturated carbocycles. The molecule has 25 heavy (non-hydrogen) atoms. The Hall–Kier alpha value is -1.14. The third-order valence-electron chi connectivity index (χ3n) is 5.22. The van der Waals surface area contributed by atoms with E-state index >= 15 is 0 Å². The zero-order chi connectivity index (χ0) is 17.9. The summed E-state index contributed by atoms with van der Waals surface area (Å²) in [4.78, 5) is 28.7. The topological polar surface area (TPSA) is 59.1 Å². The lowest BCUT2D eigenvalue weighted by molar-refractivity contribution is -0.144. The number of carbonyl (C=O) groups excluding carboxylic acids is 2. The highest BCUT2D eigenvalue weighted by atomic mass is 16.5. The highest BCUT2D eigenvalue weighted by molar-refractivity contribution is 5.77. The first-order valence-electron chi connectivity index (χ1n) is 9.92. The van der Waals surface area contributed by atoms with Crippen LogP contribution in [0.3, 0.4) is 0 Å². The first kappa shape index (κ1) is 20.2. The van der Waals surface area contributed by atoms with Gasteiger partial charge in [0.2, 0.25) is 5.91 Å². The number of hydrogen-bond acceptors (Lipinski definition) is 5. The van der Waals surface area contributed by atoms with Crippen LogP contribution in [0.15, 0.2) is 0 Å². The van der Waals surface area contributed by atoms with Gasteiger partial charge in [-0.05, 0) is 25.7 Å². The summed E-state index contributed by atoms with van der Waals surface area (Å²) >= 11 is 0. The maximum Gasteiger partial charge on any atom is 0.307 e. The quantitative estimate of drug-likeness (QED) is 0.593. The molecule has 1 aliphatic carbocycles. The molecule has 0 spiro atoms. The molecule has 0 atom stereocenters. The van der Waals surface area contributed by atoms with Crippen LogP contribution >= 0.6 is 0 Å². The molecular formula is C19H34N2O4. The molecule has 6 heteroatoms. The molecule has 1 amide bonds. The van der Waals surface area contributed by atoms with Gasteiger partial charge in [0, 0.05) is 39.1 Å². The van der Waals surface area contributed by atoms with Crippen LogP contribution in [0.2, 0.25) is 0 Å². The number of nitrogens with zero attached hydrogens (tertiary/aromatic N) is 2. The van der Waals surface area contributed by atoms with Gasteiger partial charge in [0.15, 0.2) is 0 Å². The molecule has 1 saturated heterocycles. The van der Waals surface area contributed by atoms with Gasteiger partial charge in [-0.3, -0.25) is 14.5 Å². The van der Waals surface area contributed by atoms with Gasteiger partial charge in [-0.15, -0.1) is 0 Å². The van der Waals surface area contributed by atoms with Crippen molar-refractivity contribution in [3.05, 3.63) is 0 Å². The van der Waals surface area contributed by atoms with Crippen molar-refractivity contribution in [2.45, 2.75) is 51.9 Å². The summed E-state index contributed by atoms with van der Waals surface area (Å²) in [6, 6.07) is 0. The second-order valence-corrected chi connectivity index (χ2v) is 7.10. The van der Waals surface area contributed by atoms with Gasteiger partial charge in [-0.25, -0.2) is 0 Å². The number of rotatable bonds is 9. The maximum absolute atomic E-state index is 12.8. The Kier molecular flexibility index (Phi) is 9.26. The van der Waals surface area contributed by atoms with Crippen LogP contribution in [0.25, 0.3) is 0 Å². The highest BCUT2D eigenvalue weighted by Gasteiger charge is 2.22.